The number of nitrogens with one attached hydrogen (secondary N) is 1. The maximum atomic E-state index is 11.8. The quantitative estimate of drug-likeness (QED) is 0.437. The van der Waals surface area contributed by atoms with Crippen molar-refractivity contribution in [3.8, 4) is 11.3 Å². The molecule has 0 saturated heterocycles. The molecule has 8 nitrogen and oxygen atoms in total. The lowest BCUT2D eigenvalue weighted by Gasteiger charge is -1.98. The number of furan rings is 1. The predicted octanol–water partition coefficient (Wildman–Crippen LogP) is 3.01. The minimum Gasteiger partial charge on any atom is -0.455 e. The van der Waals surface area contributed by atoms with Crippen LogP contribution in [0.1, 0.15) is 16.1 Å². The van der Waals surface area contributed by atoms with Crippen LogP contribution < -0.4 is 5.43 Å². The monoisotopic (exact) mass is 336 g/mol. The van der Waals surface area contributed by atoms with E-state index < -0.39 is 4.92 Å². The van der Waals surface area contributed by atoms with Crippen molar-refractivity contribution in [3.05, 3.63) is 82.4 Å². The molecule has 0 aliphatic rings. The van der Waals surface area contributed by atoms with Gasteiger partial charge in [0.2, 0.25) is 0 Å². The van der Waals surface area contributed by atoms with Crippen molar-refractivity contribution < 1.29 is 14.1 Å². The number of hydrogen-bond donors (Lipinski definition) is 1. The fraction of sp³-hybridized carbons (Fsp3) is 0. The van der Waals surface area contributed by atoms with Gasteiger partial charge in [0.25, 0.3) is 11.6 Å². The molecule has 1 amide bonds. The molecule has 0 aliphatic heterocycles. The second-order valence-electron chi connectivity index (χ2n) is 4.95. The molecule has 124 valence electrons. The number of carbonyl (C=O) groups excluding carboxylic acids is 1. The minimum absolute atomic E-state index is 0.00945. The number of amides is 1. The Hall–Kier alpha value is -3.81. The number of pyridine rings is 1. The van der Waals surface area contributed by atoms with Crippen LogP contribution in [0.5, 0.6) is 0 Å². The first-order chi connectivity index (χ1) is 12.1. The van der Waals surface area contributed by atoms with Gasteiger partial charge in [0, 0.05) is 30.1 Å². The van der Waals surface area contributed by atoms with Gasteiger partial charge in [-0.3, -0.25) is 19.9 Å². The van der Waals surface area contributed by atoms with Crippen molar-refractivity contribution in [3.63, 3.8) is 0 Å². The number of hydrazone groups is 1. The molecular weight excluding hydrogens is 324 g/mol. The highest BCUT2D eigenvalue weighted by Crippen LogP contribution is 2.23. The molecular formula is C17H12N4O4. The first kappa shape index (κ1) is 16.1. The van der Waals surface area contributed by atoms with Gasteiger partial charge in [-0.2, -0.15) is 5.10 Å². The number of carbonyl (C=O) groups is 1. The number of benzene rings is 1. The van der Waals surface area contributed by atoms with Gasteiger partial charge in [-0.05, 0) is 36.4 Å². The summed E-state index contributed by atoms with van der Waals surface area (Å²) in [5, 5.41) is 14.5. The van der Waals surface area contributed by atoms with E-state index in [0.29, 0.717) is 22.6 Å². The minimum atomic E-state index is -0.463. The SMILES string of the molecule is O=C(N/N=C/c1ccc(-c2ccc([N+](=O)[O-])cc2)o1)c1cccnc1. The van der Waals surface area contributed by atoms with Gasteiger partial charge in [-0.1, -0.05) is 0 Å². The second kappa shape index (κ2) is 7.18. The number of aromatic nitrogens is 1. The van der Waals surface area contributed by atoms with Crippen molar-refractivity contribution in [1.29, 1.82) is 0 Å². The van der Waals surface area contributed by atoms with E-state index in [1.807, 2.05) is 0 Å². The summed E-state index contributed by atoms with van der Waals surface area (Å²) in [4.78, 5) is 25.8. The van der Waals surface area contributed by atoms with Crippen molar-refractivity contribution in [1.82, 2.24) is 10.4 Å². The van der Waals surface area contributed by atoms with Gasteiger partial charge >= 0.3 is 0 Å². The van der Waals surface area contributed by atoms with Crippen molar-refractivity contribution in [2.24, 2.45) is 5.10 Å². The van der Waals surface area contributed by atoms with Crippen LogP contribution in [0.3, 0.4) is 0 Å². The van der Waals surface area contributed by atoms with E-state index in [4.69, 9.17) is 4.42 Å². The molecule has 2 aromatic heterocycles. The number of nitrogens with zero attached hydrogens (tertiary/aromatic N) is 3. The molecule has 1 aromatic carbocycles. The van der Waals surface area contributed by atoms with E-state index in [1.54, 1.807) is 42.6 Å². The lowest BCUT2D eigenvalue weighted by atomic mass is 10.1. The summed E-state index contributed by atoms with van der Waals surface area (Å²) in [5.41, 5.74) is 3.47. The molecule has 0 unspecified atom stereocenters. The summed E-state index contributed by atoms with van der Waals surface area (Å²) in [6.07, 6.45) is 4.37. The Morgan fingerprint density at radius 2 is 2.00 bits per heavy atom. The summed E-state index contributed by atoms with van der Waals surface area (Å²) >= 11 is 0. The van der Waals surface area contributed by atoms with E-state index in [0.717, 1.165) is 0 Å². The third kappa shape index (κ3) is 3.94. The van der Waals surface area contributed by atoms with Crippen LogP contribution in [0.4, 0.5) is 5.69 Å². The van der Waals surface area contributed by atoms with E-state index in [2.05, 4.69) is 15.5 Å². The van der Waals surface area contributed by atoms with Crippen molar-refractivity contribution in [2.45, 2.75) is 0 Å². The summed E-state index contributed by atoms with van der Waals surface area (Å²) < 4.78 is 5.57. The smallest absolute Gasteiger partial charge is 0.272 e. The van der Waals surface area contributed by atoms with E-state index >= 15 is 0 Å². The van der Waals surface area contributed by atoms with Gasteiger partial charge in [-0.25, -0.2) is 5.43 Å². The van der Waals surface area contributed by atoms with Crippen LogP contribution in [0.25, 0.3) is 11.3 Å². The molecule has 0 saturated carbocycles. The average molecular weight is 336 g/mol. The summed E-state index contributed by atoms with van der Waals surface area (Å²) in [5.74, 6) is 0.585. The van der Waals surface area contributed by atoms with E-state index in [1.165, 1.54) is 24.5 Å². The van der Waals surface area contributed by atoms with Crippen LogP contribution >= 0.6 is 0 Å². The molecule has 0 spiro atoms. The molecule has 8 heteroatoms. The molecule has 0 aliphatic carbocycles. The van der Waals surface area contributed by atoms with E-state index in [9.17, 15) is 14.9 Å². The third-order valence-corrected chi connectivity index (χ3v) is 3.27. The second-order valence-corrected chi connectivity index (χ2v) is 4.95. The Morgan fingerprint density at radius 3 is 2.68 bits per heavy atom. The number of hydrogen-bond acceptors (Lipinski definition) is 6. The van der Waals surface area contributed by atoms with Gasteiger partial charge < -0.3 is 4.42 Å². The predicted molar refractivity (Wildman–Crippen MR) is 90.1 cm³/mol. The van der Waals surface area contributed by atoms with Crippen LogP contribution in [-0.4, -0.2) is 22.0 Å². The van der Waals surface area contributed by atoms with Crippen molar-refractivity contribution >= 4 is 17.8 Å². The van der Waals surface area contributed by atoms with Gasteiger partial charge in [0.1, 0.15) is 11.5 Å². The molecule has 3 aromatic rings. The molecule has 0 radical (unpaired) electrons. The number of nitro groups is 1. The molecule has 1 N–H and O–H groups in total. The number of nitro benzene ring substituents is 1. The zero-order valence-corrected chi connectivity index (χ0v) is 12.8. The standard InChI is InChI=1S/C17H12N4O4/c22-17(13-2-1-9-18-10-13)20-19-11-15-7-8-16(25-15)12-3-5-14(6-4-12)21(23)24/h1-11H,(H,20,22)/b19-11+. The third-order valence-electron chi connectivity index (χ3n) is 3.27. The molecule has 2 heterocycles. The molecule has 25 heavy (non-hydrogen) atoms. The Morgan fingerprint density at radius 1 is 1.20 bits per heavy atom. The van der Waals surface area contributed by atoms with Gasteiger partial charge in [0.15, 0.2) is 0 Å². The lowest BCUT2D eigenvalue weighted by molar-refractivity contribution is -0.384. The zero-order valence-electron chi connectivity index (χ0n) is 12.8. The maximum absolute atomic E-state index is 11.8. The first-order valence-corrected chi connectivity index (χ1v) is 7.21. The molecule has 0 fully saturated rings. The Balaban J connectivity index is 1.65. The van der Waals surface area contributed by atoms with Gasteiger partial charge in [0.05, 0.1) is 16.7 Å². The average Bonchev–Trinajstić information content (AvgIpc) is 3.11. The Labute approximate surface area is 142 Å². The Bertz CT molecular complexity index is 917. The first-order valence-electron chi connectivity index (χ1n) is 7.21. The normalized spacial score (nSPS) is 10.7. The summed E-state index contributed by atoms with van der Waals surface area (Å²) in [6.45, 7) is 0. The zero-order chi connectivity index (χ0) is 17.6. The highest BCUT2D eigenvalue weighted by atomic mass is 16.6. The topological polar surface area (TPSA) is 111 Å². The summed E-state index contributed by atoms with van der Waals surface area (Å²) in [6, 6.07) is 12.7. The van der Waals surface area contributed by atoms with Crippen LogP contribution in [0.2, 0.25) is 0 Å². The molecule has 0 bridgehead atoms. The Kier molecular flexibility index (Phi) is 4.61. The molecule has 0 atom stereocenters. The number of rotatable bonds is 5. The van der Waals surface area contributed by atoms with Crippen LogP contribution in [0.15, 0.2) is 70.4 Å². The fourth-order valence-electron chi connectivity index (χ4n) is 2.04. The van der Waals surface area contributed by atoms with Crippen LogP contribution in [-0.2, 0) is 0 Å². The molecule has 3 rings (SSSR count). The van der Waals surface area contributed by atoms with E-state index in [-0.39, 0.29) is 11.6 Å². The van der Waals surface area contributed by atoms with Crippen molar-refractivity contribution in [2.75, 3.05) is 0 Å². The number of non-ortho nitro benzene ring substituents is 1. The summed E-state index contributed by atoms with van der Waals surface area (Å²) in [7, 11) is 0. The highest BCUT2D eigenvalue weighted by molar-refractivity contribution is 5.94. The fourth-order valence-corrected chi connectivity index (χ4v) is 2.04. The van der Waals surface area contributed by atoms with Gasteiger partial charge in [-0.15, -0.1) is 0 Å². The lowest BCUT2D eigenvalue weighted by Crippen LogP contribution is -2.17. The van der Waals surface area contributed by atoms with Crippen LogP contribution in [0, 0.1) is 10.1 Å². The largest absolute Gasteiger partial charge is 0.455 e. The highest BCUT2D eigenvalue weighted by Gasteiger charge is 2.08. The maximum Gasteiger partial charge on any atom is 0.272 e.